The van der Waals surface area contributed by atoms with E-state index in [2.05, 4.69) is 15.2 Å². The van der Waals surface area contributed by atoms with Crippen molar-refractivity contribution in [2.24, 2.45) is 4.99 Å². The van der Waals surface area contributed by atoms with Crippen LogP contribution in [0.15, 0.2) is 44.3 Å². The minimum Gasteiger partial charge on any atom is -0.861 e. The Morgan fingerprint density at radius 3 is 2.80 bits per heavy atom. The Hall–Kier alpha value is -3.11. The minimum absolute atomic E-state index is 0.0638. The number of hydrogen-bond donors (Lipinski definition) is 0. The van der Waals surface area contributed by atoms with Crippen LogP contribution in [0.1, 0.15) is 11.1 Å². The molecule has 0 N–H and O–H groups in total. The van der Waals surface area contributed by atoms with Gasteiger partial charge in [-0.3, -0.25) is 4.52 Å². The largest absolute Gasteiger partial charge is 0.861 e. The van der Waals surface area contributed by atoms with Crippen LogP contribution in [0.3, 0.4) is 0 Å². The Balaban J connectivity index is 1.91. The van der Waals surface area contributed by atoms with Crippen LogP contribution >= 0.6 is 23.1 Å². The summed E-state index contributed by atoms with van der Waals surface area (Å²) in [7, 11) is 3.38. The number of pyridine rings is 1. The van der Waals surface area contributed by atoms with E-state index in [1.54, 1.807) is 42.7 Å². The van der Waals surface area contributed by atoms with Gasteiger partial charge >= 0.3 is 12.1 Å². The van der Waals surface area contributed by atoms with Crippen molar-refractivity contribution < 1.29 is 27.6 Å². The Morgan fingerprint density at radius 1 is 1.47 bits per heavy atom. The van der Waals surface area contributed by atoms with Crippen LogP contribution in [-0.2, 0) is 6.18 Å². The van der Waals surface area contributed by atoms with Crippen molar-refractivity contribution in [2.75, 3.05) is 24.9 Å². The van der Waals surface area contributed by atoms with E-state index in [9.17, 15) is 23.5 Å². The molecule has 0 bridgehead atoms. The number of thioether (sulfide) groups is 1. The van der Waals surface area contributed by atoms with E-state index in [0.29, 0.717) is 16.6 Å². The Bertz CT molecular complexity index is 1100. The molecule has 0 atom stereocenters. The summed E-state index contributed by atoms with van der Waals surface area (Å²) < 4.78 is 45.4. The third-order valence-electron chi connectivity index (χ3n) is 3.60. The highest BCUT2D eigenvalue weighted by Crippen LogP contribution is 2.38. The van der Waals surface area contributed by atoms with Gasteiger partial charge in [-0.05, 0) is 23.4 Å². The summed E-state index contributed by atoms with van der Waals surface area (Å²) in [6, 6.07) is 5.70. The number of hydrogen-bond acceptors (Lipinski definition) is 9. The molecule has 3 heterocycles. The molecule has 0 saturated heterocycles. The summed E-state index contributed by atoms with van der Waals surface area (Å²) in [6.07, 6.45) is -3.38. The monoisotopic (exact) mass is 454 g/mol. The van der Waals surface area contributed by atoms with Gasteiger partial charge in [0.15, 0.2) is 0 Å². The lowest BCUT2D eigenvalue weighted by atomic mass is 10.1. The second-order valence-corrected chi connectivity index (χ2v) is 7.84. The van der Waals surface area contributed by atoms with Crippen LogP contribution in [0.2, 0.25) is 0 Å². The fraction of sp³-hybridized carbons (Fsp3) is 0.235. The Kier molecular flexibility index (Phi) is 6.28. The van der Waals surface area contributed by atoms with Crippen molar-refractivity contribution >= 4 is 34.9 Å². The van der Waals surface area contributed by atoms with Crippen LogP contribution in [0.25, 0.3) is 10.6 Å². The van der Waals surface area contributed by atoms with Gasteiger partial charge in [0.2, 0.25) is 5.27 Å². The summed E-state index contributed by atoms with van der Waals surface area (Å²) in [5.74, 6) is -1.08. The second-order valence-electron chi connectivity index (χ2n) is 5.92. The maximum Gasteiger partial charge on any atom is 0.417 e. The normalized spacial score (nSPS) is 12.1. The lowest BCUT2D eigenvalue weighted by Crippen LogP contribution is -2.53. The van der Waals surface area contributed by atoms with Crippen molar-refractivity contribution in [3.8, 4) is 16.6 Å². The Labute approximate surface area is 176 Å². The maximum absolute atomic E-state index is 13.5. The first-order valence-corrected chi connectivity index (χ1v) is 10.1. The first-order chi connectivity index (χ1) is 14.2. The molecule has 0 aliphatic carbocycles. The second kappa shape index (κ2) is 8.72. The first-order valence-electron chi connectivity index (χ1n) is 8.19. The van der Waals surface area contributed by atoms with Crippen molar-refractivity contribution in [2.45, 2.75) is 11.2 Å². The molecular weight excluding hydrogens is 441 g/mol. The molecule has 3 rings (SSSR count). The topological polar surface area (TPSA) is 105 Å². The van der Waals surface area contributed by atoms with Gasteiger partial charge in [0.25, 0.3) is 6.20 Å². The van der Waals surface area contributed by atoms with Crippen molar-refractivity contribution in [1.82, 2.24) is 10.3 Å². The molecule has 156 valence electrons. The van der Waals surface area contributed by atoms with Crippen LogP contribution in [0.4, 0.5) is 19.1 Å². The fourth-order valence-electron chi connectivity index (χ4n) is 2.26. The molecule has 0 radical (unpaired) electrons. The summed E-state index contributed by atoms with van der Waals surface area (Å²) in [5, 5.41) is 28.1. The van der Waals surface area contributed by atoms with Crippen LogP contribution < -0.4 is 14.9 Å². The predicted molar refractivity (Wildman–Crippen MR) is 102 cm³/mol. The number of rotatable bonds is 6. The molecule has 0 amide bonds. The van der Waals surface area contributed by atoms with E-state index in [1.165, 1.54) is 22.3 Å². The summed E-state index contributed by atoms with van der Waals surface area (Å²) >= 11 is 1.92. The van der Waals surface area contributed by atoms with E-state index < -0.39 is 23.2 Å². The van der Waals surface area contributed by atoms with Gasteiger partial charge < -0.3 is 5.11 Å². The SMILES string of the molecule is CN(C)[n+]1cc(/N=C(/[O-])CSc2nc(-c3cccs3)cc(C(F)(F)F)c2C#N)on1. The quantitative estimate of drug-likeness (QED) is 0.244. The van der Waals surface area contributed by atoms with Gasteiger partial charge in [0.05, 0.1) is 40.6 Å². The fourth-order valence-corrected chi connectivity index (χ4v) is 3.73. The number of nitriles is 1. The molecule has 0 aliphatic rings. The molecule has 0 spiro atoms. The number of aromatic nitrogens is 3. The highest BCUT2D eigenvalue weighted by molar-refractivity contribution is 7.99. The van der Waals surface area contributed by atoms with Crippen molar-refractivity contribution in [3.05, 3.63) is 40.9 Å². The summed E-state index contributed by atoms with van der Waals surface area (Å²) in [4.78, 5) is 9.70. The maximum atomic E-state index is 13.5. The van der Waals surface area contributed by atoms with E-state index in [0.717, 1.165) is 6.07 Å². The van der Waals surface area contributed by atoms with Gasteiger partial charge in [-0.15, -0.1) is 11.3 Å². The smallest absolute Gasteiger partial charge is 0.417 e. The van der Waals surface area contributed by atoms with E-state index in [1.807, 2.05) is 0 Å². The van der Waals surface area contributed by atoms with E-state index >= 15 is 0 Å². The Morgan fingerprint density at radius 2 is 2.23 bits per heavy atom. The van der Waals surface area contributed by atoms with Gasteiger partial charge in [0.1, 0.15) is 11.1 Å². The van der Waals surface area contributed by atoms with Gasteiger partial charge in [-0.25, -0.2) is 9.98 Å². The number of aliphatic imine (C=N–C) groups is 1. The zero-order valence-electron chi connectivity index (χ0n) is 15.5. The third kappa shape index (κ3) is 4.89. The number of nitrogens with zero attached hydrogens (tertiary/aromatic N) is 6. The average molecular weight is 454 g/mol. The molecule has 0 aromatic carbocycles. The number of halogens is 3. The average Bonchev–Trinajstić information content (AvgIpc) is 3.37. The molecular formula is C17H13F3N6O2S2. The first kappa shape index (κ1) is 21.6. The standard InChI is InChI=1S/C17H13F3N6O2S2/c1-25(2)26-8-15(28-24-26)23-14(27)9-30-16-10(7-21)11(17(18,19)20)6-12(22-16)13-4-3-5-29-13/h3-6,8H,9H2,1-2H3. The van der Waals surface area contributed by atoms with Crippen LogP contribution in [0.5, 0.6) is 0 Å². The van der Waals surface area contributed by atoms with Gasteiger partial charge in [0, 0.05) is 5.75 Å². The summed E-state index contributed by atoms with van der Waals surface area (Å²) in [6.45, 7) is 0. The third-order valence-corrected chi connectivity index (χ3v) is 5.45. The molecule has 8 nitrogen and oxygen atoms in total. The number of thiophene rings is 1. The molecule has 0 aliphatic heterocycles. The van der Waals surface area contributed by atoms with Crippen LogP contribution in [-0.4, -0.2) is 36.0 Å². The van der Waals surface area contributed by atoms with Gasteiger partial charge in [-0.2, -0.15) is 23.4 Å². The molecule has 30 heavy (non-hydrogen) atoms. The van der Waals surface area contributed by atoms with E-state index in [4.69, 9.17) is 4.52 Å². The lowest BCUT2D eigenvalue weighted by molar-refractivity contribution is -0.753. The molecule has 0 saturated carbocycles. The van der Waals surface area contributed by atoms with Crippen LogP contribution in [0, 0.1) is 11.3 Å². The number of alkyl halides is 3. The summed E-state index contributed by atoms with van der Waals surface area (Å²) in [5.41, 5.74) is -1.66. The minimum atomic E-state index is -4.75. The highest BCUT2D eigenvalue weighted by Gasteiger charge is 2.36. The molecule has 3 aromatic rings. The van der Waals surface area contributed by atoms with Gasteiger partial charge in [-0.1, -0.05) is 17.8 Å². The highest BCUT2D eigenvalue weighted by atomic mass is 32.2. The zero-order chi connectivity index (χ0) is 21.9. The van der Waals surface area contributed by atoms with Crippen molar-refractivity contribution in [1.29, 1.82) is 5.26 Å². The molecule has 3 aromatic heterocycles. The molecule has 0 unspecified atom stereocenters. The lowest BCUT2D eigenvalue weighted by Gasteiger charge is -2.14. The van der Waals surface area contributed by atoms with E-state index in [-0.39, 0.29) is 22.4 Å². The zero-order valence-corrected chi connectivity index (χ0v) is 17.2. The molecule has 13 heteroatoms. The predicted octanol–water partition coefficient (Wildman–Crippen LogP) is 2.36. The van der Waals surface area contributed by atoms with Crippen molar-refractivity contribution in [3.63, 3.8) is 0 Å². The molecule has 0 fully saturated rings.